The average Bonchev–Trinajstić information content (AvgIpc) is 2.83. The largest absolute Gasteiger partial charge is 0.469 e. The highest BCUT2D eigenvalue weighted by atomic mass is 32.1. The molecule has 1 saturated heterocycles. The maximum Gasteiger partial charge on any atom is 0.307 e. The summed E-state index contributed by atoms with van der Waals surface area (Å²) in [7, 11) is 1.44. The van der Waals surface area contributed by atoms with Crippen molar-refractivity contribution in [1.29, 1.82) is 0 Å². The average molecular weight is 283 g/mol. The third kappa shape index (κ3) is 4.60. The maximum atomic E-state index is 11.5. The summed E-state index contributed by atoms with van der Waals surface area (Å²) in [6, 6.07) is 4.55. The molecule has 0 aliphatic carbocycles. The number of esters is 1. The van der Waals surface area contributed by atoms with Crippen LogP contribution in [0, 0.1) is 0 Å². The number of carbonyl (C=O) groups is 1. The van der Waals surface area contributed by atoms with Crippen molar-refractivity contribution < 1.29 is 14.3 Å². The molecule has 1 fully saturated rings. The molecule has 19 heavy (non-hydrogen) atoms. The topological polar surface area (TPSA) is 47.6 Å². The van der Waals surface area contributed by atoms with E-state index in [9.17, 15) is 4.79 Å². The van der Waals surface area contributed by atoms with Crippen LogP contribution in [0.2, 0.25) is 0 Å². The van der Waals surface area contributed by atoms with Crippen molar-refractivity contribution in [3.63, 3.8) is 0 Å². The van der Waals surface area contributed by atoms with Crippen LogP contribution in [0.3, 0.4) is 0 Å². The van der Waals surface area contributed by atoms with Gasteiger partial charge in [0.1, 0.15) is 0 Å². The molecule has 0 amide bonds. The Bertz CT molecular complexity index is 372. The number of ether oxygens (including phenoxy) is 2. The second kappa shape index (κ2) is 7.62. The summed E-state index contributed by atoms with van der Waals surface area (Å²) >= 11 is 1.68. The van der Waals surface area contributed by atoms with E-state index < -0.39 is 0 Å². The lowest BCUT2D eigenvalue weighted by atomic mass is 10.1. The summed E-state index contributed by atoms with van der Waals surface area (Å²) in [5, 5.41) is 5.63. The fourth-order valence-corrected chi connectivity index (χ4v) is 3.12. The van der Waals surface area contributed by atoms with E-state index in [-0.39, 0.29) is 12.0 Å². The molecule has 1 aliphatic heterocycles. The van der Waals surface area contributed by atoms with Crippen molar-refractivity contribution in [3.8, 4) is 0 Å². The zero-order chi connectivity index (χ0) is 13.5. The number of rotatable bonds is 5. The van der Waals surface area contributed by atoms with Gasteiger partial charge >= 0.3 is 5.97 Å². The molecule has 1 aliphatic rings. The molecule has 106 valence electrons. The van der Waals surface area contributed by atoms with Gasteiger partial charge < -0.3 is 14.8 Å². The van der Waals surface area contributed by atoms with Crippen molar-refractivity contribution in [2.75, 3.05) is 20.3 Å². The molecule has 0 aromatic carbocycles. The van der Waals surface area contributed by atoms with Gasteiger partial charge in [0.05, 0.1) is 19.6 Å². The van der Waals surface area contributed by atoms with Gasteiger partial charge in [-0.05, 0) is 30.7 Å². The highest BCUT2D eigenvalue weighted by Gasteiger charge is 2.22. The molecule has 0 radical (unpaired) electrons. The highest BCUT2D eigenvalue weighted by molar-refractivity contribution is 7.10. The Labute approximate surface area is 118 Å². The number of nitrogens with one attached hydrogen (secondary N) is 1. The van der Waals surface area contributed by atoms with Crippen molar-refractivity contribution in [3.05, 3.63) is 22.4 Å². The first kappa shape index (κ1) is 14.5. The predicted molar refractivity (Wildman–Crippen MR) is 75.3 cm³/mol. The Morgan fingerprint density at radius 3 is 3.21 bits per heavy atom. The van der Waals surface area contributed by atoms with Crippen LogP contribution in [0.5, 0.6) is 0 Å². The van der Waals surface area contributed by atoms with Gasteiger partial charge in [-0.25, -0.2) is 0 Å². The highest BCUT2D eigenvalue weighted by Crippen LogP contribution is 2.24. The van der Waals surface area contributed by atoms with Crippen LogP contribution in [0.1, 0.15) is 36.6 Å². The standard InChI is InChI=1S/C14H21NO3S/c1-17-14(16)10-12(13-5-3-9-19-13)15-11-4-2-7-18-8-6-11/h3,5,9,11-12,15H,2,4,6-8,10H2,1H3. The van der Waals surface area contributed by atoms with Gasteiger partial charge in [-0.3, -0.25) is 4.79 Å². The van der Waals surface area contributed by atoms with Gasteiger partial charge in [-0.15, -0.1) is 11.3 Å². The van der Waals surface area contributed by atoms with Crippen molar-refractivity contribution in [2.24, 2.45) is 0 Å². The molecule has 1 N–H and O–H groups in total. The van der Waals surface area contributed by atoms with Crippen LogP contribution in [-0.2, 0) is 14.3 Å². The van der Waals surface area contributed by atoms with Gasteiger partial charge in [0.25, 0.3) is 0 Å². The second-order valence-corrected chi connectivity index (χ2v) is 5.73. The zero-order valence-corrected chi connectivity index (χ0v) is 12.1. The molecular weight excluding hydrogens is 262 g/mol. The van der Waals surface area contributed by atoms with Gasteiger partial charge in [0.2, 0.25) is 0 Å². The molecule has 2 atom stereocenters. The molecule has 2 heterocycles. The Balaban J connectivity index is 1.98. The van der Waals surface area contributed by atoms with Gasteiger partial charge in [-0.1, -0.05) is 6.07 Å². The van der Waals surface area contributed by atoms with E-state index in [1.807, 2.05) is 11.4 Å². The summed E-state index contributed by atoms with van der Waals surface area (Å²) in [5.74, 6) is -0.171. The number of methoxy groups -OCH3 is 1. The summed E-state index contributed by atoms with van der Waals surface area (Å²) in [6.45, 7) is 1.64. The van der Waals surface area contributed by atoms with Crippen LogP contribution >= 0.6 is 11.3 Å². The smallest absolute Gasteiger partial charge is 0.307 e. The summed E-state index contributed by atoms with van der Waals surface area (Å²) in [6.07, 6.45) is 3.56. The van der Waals surface area contributed by atoms with E-state index in [1.165, 1.54) is 12.0 Å². The third-order valence-corrected chi connectivity index (χ3v) is 4.36. The summed E-state index contributed by atoms with van der Waals surface area (Å²) in [5.41, 5.74) is 0. The van der Waals surface area contributed by atoms with Crippen molar-refractivity contribution >= 4 is 17.3 Å². The van der Waals surface area contributed by atoms with Crippen molar-refractivity contribution in [2.45, 2.75) is 37.8 Å². The van der Waals surface area contributed by atoms with E-state index in [4.69, 9.17) is 9.47 Å². The van der Waals surface area contributed by atoms with E-state index in [0.717, 1.165) is 32.5 Å². The predicted octanol–water partition coefficient (Wildman–Crippen LogP) is 2.51. The fraction of sp³-hybridized carbons (Fsp3) is 0.643. The first-order valence-electron chi connectivity index (χ1n) is 6.73. The van der Waals surface area contributed by atoms with Crippen LogP contribution in [0.4, 0.5) is 0 Å². The Morgan fingerprint density at radius 2 is 2.47 bits per heavy atom. The van der Waals surface area contributed by atoms with E-state index >= 15 is 0 Å². The van der Waals surface area contributed by atoms with E-state index in [0.29, 0.717) is 12.5 Å². The Hall–Kier alpha value is -0.910. The van der Waals surface area contributed by atoms with Gasteiger partial charge in [0.15, 0.2) is 0 Å². The van der Waals surface area contributed by atoms with Crippen LogP contribution in [0.15, 0.2) is 17.5 Å². The minimum atomic E-state index is -0.171. The minimum absolute atomic E-state index is 0.0514. The molecule has 4 nitrogen and oxygen atoms in total. The van der Waals surface area contributed by atoms with Crippen molar-refractivity contribution in [1.82, 2.24) is 5.32 Å². The summed E-state index contributed by atoms with van der Waals surface area (Å²) in [4.78, 5) is 12.7. The monoisotopic (exact) mass is 283 g/mol. The van der Waals surface area contributed by atoms with E-state index in [2.05, 4.69) is 11.4 Å². The normalized spacial score (nSPS) is 21.6. The number of hydrogen-bond acceptors (Lipinski definition) is 5. The lowest BCUT2D eigenvalue weighted by molar-refractivity contribution is -0.141. The molecule has 0 saturated carbocycles. The fourth-order valence-electron chi connectivity index (χ4n) is 2.34. The summed E-state index contributed by atoms with van der Waals surface area (Å²) < 4.78 is 10.3. The molecule has 1 aromatic rings. The molecule has 0 spiro atoms. The second-order valence-electron chi connectivity index (χ2n) is 4.76. The number of carbonyl (C=O) groups excluding carboxylic acids is 1. The lowest BCUT2D eigenvalue weighted by Gasteiger charge is -2.23. The SMILES string of the molecule is COC(=O)CC(NC1CCCOCC1)c1cccs1. The first-order valence-corrected chi connectivity index (χ1v) is 7.61. The Morgan fingerprint density at radius 1 is 1.58 bits per heavy atom. The van der Waals surface area contributed by atoms with Gasteiger partial charge in [-0.2, -0.15) is 0 Å². The zero-order valence-electron chi connectivity index (χ0n) is 11.3. The van der Waals surface area contributed by atoms with Crippen LogP contribution in [0.25, 0.3) is 0 Å². The molecule has 2 unspecified atom stereocenters. The molecule has 1 aromatic heterocycles. The minimum Gasteiger partial charge on any atom is -0.469 e. The molecular formula is C14H21NO3S. The van der Waals surface area contributed by atoms with Crippen LogP contribution in [-0.4, -0.2) is 32.3 Å². The molecule has 2 rings (SSSR count). The van der Waals surface area contributed by atoms with Crippen LogP contribution < -0.4 is 5.32 Å². The number of hydrogen-bond donors (Lipinski definition) is 1. The molecule has 5 heteroatoms. The van der Waals surface area contributed by atoms with E-state index in [1.54, 1.807) is 11.3 Å². The first-order chi connectivity index (χ1) is 9.29. The van der Waals surface area contributed by atoms with Gasteiger partial charge in [0, 0.05) is 24.1 Å². The molecule has 0 bridgehead atoms. The Kier molecular flexibility index (Phi) is 5.82. The quantitative estimate of drug-likeness (QED) is 0.844. The lowest BCUT2D eigenvalue weighted by Crippen LogP contribution is -2.34. The maximum absolute atomic E-state index is 11.5. The number of thiophene rings is 1. The third-order valence-electron chi connectivity index (χ3n) is 3.37.